The SMILES string of the molecule is N#Cc1sc(-c2ccccc2Br)c(-c2cccnc2)c1N. The second-order valence-electron chi connectivity index (χ2n) is 4.38. The number of aromatic nitrogens is 1. The van der Waals surface area contributed by atoms with Crippen molar-refractivity contribution in [2.24, 2.45) is 0 Å². The van der Waals surface area contributed by atoms with Crippen LogP contribution in [0.1, 0.15) is 4.88 Å². The molecule has 0 unspecified atom stereocenters. The minimum absolute atomic E-state index is 0.515. The number of hydrogen-bond acceptors (Lipinski definition) is 4. The second kappa shape index (κ2) is 5.68. The molecule has 0 aliphatic rings. The highest BCUT2D eigenvalue weighted by molar-refractivity contribution is 9.10. The van der Waals surface area contributed by atoms with E-state index in [1.54, 1.807) is 12.4 Å². The molecular weight excluding hydrogens is 346 g/mol. The molecule has 1 aromatic carbocycles. The predicted molar refractivity (Wildman–Crippen MR) is 89.8 cm³/mol. The Morgan fingerprint density at radius 3 is 2.67 bits per heavy atom. The topological polar surface area (TPSA) is 62.7 Å². The number of nitriles is 1. The first-order chi connectivity index (χ1) is 10.2. The van der Waals surface area contributed by atoms with E-state index >= 15 is 0 Å². The van der Waals surface area contributed by atoms with Crippen molar-refractivity contribution in [3.63, 3.8) is 0 Å². The molecule has 0 saturated heterocycles. The summed E-state index contributed by atoms with van der Waals surface area (Å²) in [5.41, 5.74) is 9.50. The van der Waals surface area contributed by atoms with Gasteiger partial charge in [0, 0.05) is 38.4 Å². The van der Waals surface area contributed by atoms with Gasteiger partial charge in [0.2, 0.25) is 0 Å². The molecule has 21 heavy (non-hydrogen) atoms. The maximum absolute atomic E-state index is 9.27. The number of rotatable bonds is 2. The van der Waals surface area contributed by atoms with Gasteiger partial charge in [-0.05, 0) is 12.1 Å². The van der Waals surface area contributed by atoms with E-state index in [0.29, 0.717) is 10.6 Å². The fourth-order valence-corrected chi connectivity index (χ4v) is 3.85. The lowest BCUT2D eigenvalue weighted by Crippen LogP contribution is -1.90. The molecule has 0 spiro atoms. The monoisotopic (exact) mass is 355 g/mol. The maximum Gasteiger partial charge on any atom is 0.129 e. The molecule has 2 aromatic heterocycles. The van der Waals surface area contributed by atoms with Gasteiger partial charge in [-0.3, -0.25) is 4.98 Å². The Morgan fingerprint density at radius 2 is 2.00 bits per heavy atom. The summed E-state index contributed by atoms with van der Waals surface area (Å²) in [6, 6.07) is 13.9. The van der Waals surface area contributed by atoms with Crippen LogP contribution in [0.15, 0.2) is 53.3 Å². The zero-order valence-corrected chi connectivity index (χ0v) is 13.3. The molecule has 5 heteroatoms. The van der Waals surface area contributed by atoms with Crippen LogP contribution in [0.3, 0.4) is 0 Å². The van der Waals surface area contributed by atoms with E-state index in [2.05, 4.69) is 27.0 Å². The van der Waals surface area contributed by atoms with Crippen LogP contribution in [0.25, 0.3) is 21.6 Å². The van der Waals surface area contributed by atoms with Gasteiger partial charge in [-0.1, -0.05) is 40.2 Å². The molecule has 3 rings (SSSR count). The Hall–Kier alpha value is -2.16. The molecule has 2 N–H and O–H groups in total. The molecular formula is C16H10BrN3S. The predicted octanol–water partition coefficient (Wildman–Crippen LogP) is 4.69. The molecule has 0 radical (unpaired) electrons. The molecule has 0 fully saturated rings. The summed E-state index contributed by atoms with van der Waals surface area (Å²) in [7, 11) is 0. The van der Waals surface area contributed by atoms with Crippen molar-refractivity contribution in [1.29, 1.82) is 5.26 Å². The van der Waals surface area contributed by atoms with Gasteiger partial charge in [0.15, 0.2) is 0 Å². The van der Waals surface area contributed by atoms with Crippen molar-refractivity contribution in [3.05, 3.63) is 58.1 Å². The van der Waals surface area contributed by atoms with Crippen LogP contribution >= 0.6 is 27.3 Å². The van der Waals surface area contributed by atoms with Crippen LogP contribution in [0, 0.1) is 11.3 Å². The van der Waals surface area contributed by atoms with E-state index < -0.39 is 0 Å². The molecule has 0 bridgehead atoms. The number of nitrogens with zero attached hydrogens (tertiary/aromatic N) is 2. The average Bonchev–Trinajstić information content (AvgIpc) is 2.85. The van der Waals surface area contributed by atoms with E-state index in [-0.39, 0.29) is 0 Å². The van der Waals surface area contributed by atoms with E-state index in [4.69, 9.17) is 5.73 Å². The molecule has 0 atom stereocenters. The highest BCUT2D eigenvalue weighted by Gasteiger charge is 2.20. The first-order valence-corrected chi connectivity index (χ1v) is 7.81. The number of halogens is 1. The fraction of sp³-hybridized carbons (Fsp3) is 0. The van der Waals surface area contributed by atoms with E-state index in [9.17, 15) is 5.26 Å². The number of nitrogen functional groups attached to an aromatic ring is 1. The van der Waals surface area contributed by atoms with Crippen LogP contribution < -0.4 is 5.73 Å². The van der Waals surface area contributed by atoms with Crippen molar-refractivity contribution in [1.82, 2.24) is 4.98 Å². The number of nitrogens with two attached hydrogens (primary N) is 1. The Bertz CT molecular complexity index is 834. The summed E-state index contributed by atoms with van der Waals surface area (Å²) in [6.45, 7) is 0. The molecule has 2 heterocycles. The van der Waals surface area contributed by atoms with Crippen molar-refractivity contribution < 1.29 is 0 Å². The summed E-state index contributed by atoms with van der Waals surface area (Å²) in [4.78, 5) is 5.65. The number of anilines is 1. The second-order valence-corrected chi connectivity index (χ2v) is 6.26. The van der Waals surface area contributed by atoms with Gasteiger partial charge < -0.3 is 5.73 Å². The Morgan fingerprint density at radius 1 is 1.19 bits per heavy atom. The first kappa shape index (κ1) is 13.8. The first-order valence-electron chi connectivity index (χ1n) is 6.20. The van der Waals surface area contributed by atoms with Crippen LogP contribution in [-0.2, 0) is 0 Å². The third-order valence-electron chi connectivity index (χ3n) is 3.12. The number of thiophene rings is 1. The lowest BCUT2D eigenvalue weighted by Gasteiger charge is -2.07. The van der Waals surface area contributed by atoms with E-state index in [1.165, 1.54) is 11.3 Å². The Kier molecular flexibility index (Phi) is 3.74. The highest BCUT2D eigenvalue weighted by atomic mass is 79.9. The van der Waals surface area contributed by atoms with Crippen LogP contribution in [0.4, 0.5) is 5.69 Å². The number of pyridine rings is 1. The quantitative estimate of drug-likeness (QED) is 0.724. The zero-order chi connectivity index (χ0) is 14.8. The molecule has 0 aliphatic carbocycles. The van der Waals surface area contributed by atoms with Gasteiger partial charge in [-0.25, -0.2) is 0 Å². The zero-order valence-electron chi connectivity index (χ0n) is 10.9. The third-order valence-corrected chi connectivity index (χ3v) is 4.95. The molecule has 102 valence electrons. The minimum atomic E-state index is 0.515. The normalized spacial score (nSPS) is 10.3. The average molecular weight is 356 g/mol. The number of hydrogen-bond donors (Lipinski definition) is 1. The standard InChI is InChI=1S/C16H10BrN3S/c17-12-6-2-1-5-11(12)16-14(10-4-3-7-20-9-10)15(19)13(8-18)21-16/h1-7,9H,19H2. The van der Waals surface area contributed by atoms with Gasteiger partial charge in [-0.2, -0.15) is 5.26 Å². The van der Waals surface area contributed by atoms with Gasteiger partial charge in [0.25, 0.3) is 0 Å². The van der Waals surface area contributed by atoms with Gasteiger partial charge in [-0.15, -0.1) is 11.3 Å². The molecule has 0 saturated carbocycles. The summed E-state index contributed by atoms with van der Waals surface area (Å²) >= 11 is 4.97. The minimum Gasteiger partial charge on any atom is -0.396 e. The third kappa shape index (κ3) is 2.44. The summed E-state index contributed by atoms with van der Waals surface area (Å²) in [6.07, 6.45) is 3.48. The van der Waals surface area contributed by atoms with Gasteiger partial charge >= 0.3 is 0 Å². The van der Waals surface area contributed by atoms with Gasteiger partial charge in [0.05, 0.1) is 5.69 Å². The van der Waals surface area contributed by atoms with Crippen molar-refractivity contribution in [2.75, 3.05) is 5.73 Å². The highest BCUT2D eigenvalue weighted by Crippen LogP contribution is 2.46. The fourth-order valence-electron chi connectivity index (χ4n) is 2.16. The van der Waals surface area contributed by atoms with Crippen LogP contribution in [0.2, 0.25) is 0 Å². The summed E-state index contributed by atoms with van der Waals surface area (Å²) in [5.74, 6) is 0. The van der Waals surface area contributed by atoms with Gasteiger partial charge in [0.1, 0.15) is 10.9 Å². The van der Waals surface area contributed by atoms with E-state index in [1.807, 2.05) is 36.4 Å². The van der Waals surface area contributed by atoms with Crippen molar-refractivity contribution in [3.8, 4) is 27.6 Å². The Labute approximate surface area is 134 Å². The van der Waals surface area contributed by atoms with Crippen LogP contribution in [0.5, 0.6) is 0 Å². The smallest absolute Gasteiger partial charge is 0.129 e. The maximum atomic E-state index is 9.27. The molecule has 3 nitrogen and oxygen atoms in total. The molecule has 0 aliphatic heterocycles. The van der Waals surface area contributed by atoms with Crippen LogP contribution in [-0.4, -0.2) is 4.98 Å². The lowest BCUT2D eigenvalue weighted by molar-refractivity contribution is 1.33. The number of benzene rings is 1. The van der Waals surface area contributed by atoms with Crippen molar-refractivity contribution in [2.45, 2.75) is 0 Å². The summed E-state index contributed by atoms with van der Waals surface area (Å²) < 4.78 is 0.973. The molecule has 3 aromatic rings. The summed E-state index contributed by atoms with van der Waals surface area (Å²) in [5, 5.41) is 9.27. The van der Waals surface area contributed by atoms with Crippen molar-refractivity contribution >= 4 is 33.0 Å². The van der Waals surface area contributed by atoms with E-state index in [0.717, 1.165) is 26.0 Å². The largest absolute Gasteiger partial charge is 0.396 e. The Balaban J connectivity index is 2.32. The lowest BCUT2D eigenvalue weighted by atomic mass is 10.0. The molecule has 0 amide bonds.